The normalized spacial score (nSPS) is 10.9. The summed E-state index contributed by atoms with van der Waals surface area (Å²) >= 11 is 0. The van der Waals surface area contributed by atoms with Gasteiger partial charge >= 0.3 is 6.01 Å². The highest BCUT2D eigenvalue weighted by atomic mass is 32.2. The zero-order valence-corrected chi connectivity index (χ0v) is 13.8. The van der Waals surface area contributed by atoms with Crippen LogP contribution < -0.4 is 18.9 Å². The molecule has 2 aromatic rings. The van der Waals surface area contributed by atoms with Crippen LogP contribution >= 0.6 is 0 Å². The molecule has 1 aromatic carbocycles. The summed E-state index contributed by atoms with van der Waals surface area (Å²) in [6, 6.07) is 4.60. The molecule has 1 N–H and O–H groups in total. The fraction of sp³-hybridized carbons (Fsp3) is 0.286. The quantitative estimate of drug-likeness (QED) is 0.819. The highest BCUT2D eigenvalue weighted by molar-refractivity contribution is 7.92. The van der Waals surface area contributed by atoms with Gasteiger partial charge in [-0.3, -0.25) is 4.72 Å². The molecule has 0 fully saturated rings. The van der Waals surface area contributed by atoms with Crippen molar-refractivity contribution >= 4 is 15.7 Å². The van der Waals surface area contributed by atoms with Crippen molar-refractivity contribution in [3.63, 3.8) is 0 Å². The van der Waals surface area contributed by atoms with Gasteiger partial charge in [0.1, 0.15) is 16.4 Å². The van der Waals surface area contributed by atoms with Crippen molar-refractivity contribution in [1.82, 2.24) is 9.97 Å². The molecule has 0 aliphatic carbocycles. The second-order valence-electron chi connectivity index (χ2n) is 4.31. The zero-order valence-electron chi connectivity index (χ0n) is 12.9. The Kier molecular flexibility index (Phi) is 5.22. The summed E-state index contributed by atoms with van der Waals surface area (Å²) < 4.78 is 42.6. The molecule has 0 spiro atoms. The molecule has 0 unspecified atom stereocenters. The van der Waals surface area contributed by atoms with Crippen LogP contribution in [0.5, 0.6) is 17.5 Å². The Morgan fingerprint density at radius 2 is 1.83 bits per heavy atom. The average Bonchev–Trinajstić information content (AvgIpc) is 2.56. The summed E-state index contributed by atoms with van der Waals surface area (Å²) in [5.74, 6) is 0.661. The molecule has 0 aliphatic rings. The first-order chi connectivity index (χ1) is 11.0. The van der Waals surface area contributed by atoms with E-state index in [0.29, 0.717) is 12.4 Å². The van der Waals surface area contributed by atoms with Crippen LogP contribution in [-0.4, -0.2) is 39.2 Å². The highest BCUT2D eigenvalue weighted by Crippen LogP contribution is 2.29. The first-order valence-corrected chi connectivity index (χ1v) is 8.18. The molecule has 23 heavy (non-hydrogen) atoms. The Morgan fingerprint density at radius 3 is 2.39 bits per heavy atom. The van der Waals surface area contributed by atoms with Crippen LogP contribution in [0.25, 0.3) is 0 Å². The molecule has 9 heteroatoms. The van der Waals surface area contributed by atoms with Crippen LogP contribution in [-0.2, 0) is 10.0 Å². The molecular formula is C14H17N3O5S. The monoisotopic (exact) mass is 339 g/mol. The van der Waals surface area contributed by atoms with Crippen LogP contribution in [0.3, 0.4) is 0 Å². The Hall–Kier alpha value is -2.55. The smallest absolute Gasteiger partial charge is 0.316 e. The van der Waals surface area contributed by atoms with E-state index in [1.54, 1.807) is 6.92 Å². The van der Waals surface area contributed by atoms with Crippen LogP contribution in [0.4, 0.5) is 5.69 Å². The van der Waals surface area contributed by atoms with Crippen molar-refractivity contribution in [1.29, 1.82) is 0 Å². The van der Waals surface area contributed by atoms with Gasteiger partial charge in [-0.25, -0.2) is 18.4 Å². The number of nitrogens with one attached hydrogen (secondary N) is 1. The minimum atomic E-state index is -3.86. The summed E-state index contributed by atoms with van der Waals surface area (Å²) in [6.45, 7) is 2.23. The topological polar surface area (TPSA) is 99.6 Å². The Bertz CT molecular complexity index is 762. The van der Waals surface area contributed by atoms with Gasteiger partial charge in [0.25, 0.3) is 10.0 Å². The van der Waals surface area contributed by atoms with Gasteiger partial charge in [0.05, 0.1) is 38.9 Å². The Morgan fingerprint density at radius 1 is 1.13 bits per heavy atom. The number of hydrogen-bond acceptors (Lipinski definition) is 7. The lowest BCUT2D eigenvalue weighted by Crippen LogP contribution is -2.14. The third kappa shape index (κ3) is 4.01. The molecule has 0 saturated heterocycles. The average molecular weight is 339 g/mol. The van der Waals surface area contributed by atoms with E-state index in [-0.39, 0.29) is 22.3 Å². The number of rotatable bonds is 7. The van der Waals surface area contributed by atoms with E-state index < -0.39 is 10.0 Å². The number of nitrogens with zero attached hydrogens (tertiary/aromatic N) is 2. The summed E-state index contributed by atoms with van der Waals surface area (Å²) in [4.78, 5) is 7.79. The molecule has 0 bridgehead atoms. The predicted molar refractivity (Wildman–Crippen MR) is 83.6 cm³/mol. The van der Waals surface area contributed by atoms with Gasteiger partial charge in [-0.15, -0.1) is 0 Å². The second kappa shape index (κ2) is 7.14. The number of benzene rings is 1. The molecular weight excluding hydrogens is 322 g/mol. The van der Waals surface area contributed by atoms with E-state index in [9.17, 15) is 8.42 Å². The van der Waals surface area contributed by atoms with E-state index >= 15 is 0 Å². The van der Waals surface area contributed by atoms with Crippen molar-refractivity contribution in [3.05, 3.63) is 30.6 Å². The van der Waals surface area contributed by atoms with Gasteiger partial charge in [0.2, 0.25) is 0 Å². The summed E-state index contributed by atoms with van der Waals surface area (Å²) in [5.41, 5.74) is 0.214. The lowest BCUT2D eigenvalue weighted by Gasteiger charge is -2.12. The van der Waals surface area contributed by atoms with E-state index in [1.165, 1.54) is 44.8 Å². The maximum Gasteiger partial charge on any atom is 0.316 e. The Balaban J connectivity index is 2.28. The van der Waals surface area contributed by atoms with Gasteiger partial charge in [-0.05, 0) is 19.1 Å². The molecule has 2 rings (SSSR count). The fourth-order valence-corrected chi connectivity index (χ4v) is 2.96. The van der Waals surface area contributed by atoms with Gasteiger partial charge < -0.3 is 14.2 Å². The molecule has 1 heterocycles. The predicted octanol–water partition coefficient (Wildman–Crippen LogP) is 1.69. The van der Waals surface area contributed by atoms with Gasteiger partial charge in [0.15, 0.2) is 0 Å². The third-order valence-electron chi connectivity index (χ3n) is 2.81. The number of methoxy groups -OCH3 is 2. The largest absolute Gasteiger partial charge is 0.497 e. The van der Waals surface area contributed by atoms with Crippen molar-refractivity contribution < 1.29 is 22.6 Å². The molecule has 0 amide bonds. The molecule has 1 aromatic heterocycles. The molecule has 8 nitrogen and oxygen atoms in total. The number of ether oxygens (including phenoxy) is 3. The fourth-order valence-electron chi connectivity index (χ4n) is 1.78. The van der Waals surface area contributed by atoms with Crippen molar-refractivity contribution in [2.45, 2.75) is 11.8 Å². The molecule has 0 aliphatic heterocycles. The molecule has 0 radical (unpaired) electrons. The number of hydrogen-bond donors (Lipinski definition) is 1. The molecule has 124 valence electrons. The highest BCUT2D eigenvalue weighted by Gasteiger charge is 2.20. The standard InChI is InChI=1S/C14H17N3O5S/c1-4-22-14-15-8-10(9-16-14)17-23(18,19)13-6-5-11(20-2)7-12(13)21-3/h5-9,17H,4H2,1-3H3. The lowest BCUT2D eigenvalue weighted by atomic mass is 10.3. The Labute approximate surface area is 134 Å². The van der Waals surface area contributed by atoms with Gasteiger partial charge in [-0.2, -0.15) is 0 Å². The maximum absolute atomic E-state index is 12.5. The number of anilines is 1. The number of aromatic nitrogens is 2. The van der Waals surface area contributed by atoms with E-state index in [4.69, 9.17) is 14.2 Å². The minimum absolute atomic E-state index is 0.0188. The molecule has 0 atom stereocenters. The van der Waals surface area contributed by atoms with Crippen molar-refractivity contribution in [3.8, 4) is 17.5 Å². The third-order valence-corrected chi connectivity index (χ3v) is 4.23. The van der Waals surface area contributed by atoms with Crippen LogP contribution in [0.2, 0.25) is 0 Å². The van der Waals surface area contributed by atoms with Crippen molar-refractivity contribution in [2.24, 2.45) is 0 Å². The maximum atomic E-state index is 12.5. The van der Waals surface area contributed by atoms with E-state index in [2.05, 4.69) is 14.7 Å². The summed E-state index contributed by atoms with van der Waals surface area (Å²) in [5, 5.41) is 0. The lowest BCUT2D eigenvalue weighted by molar-refractivity contribution is 0.312. The SMILES string of the molecule is CCOc1ncc(NS(=O)(=O)c2ccc(OC)cc2OC)cn1. The van der Waals surface area contributed by atoms with E-state index in [1.807, 2.05) is 0 Å². The van der Waals surface area contributed by atoms with Gasteiger partial charge in [-0.1, -0.05) is 0 Å². The second-order valence-corrected chi connectivity index (χ2v) is 5.96. The van der Waals surface area contributed by atoms with Crippen LogP contribution in [0, 0.1) is 0 Å². The van der Waals surface area contributed by atoms with Crippen molar-refractivity contribution in [2.75, 3.05) is 25.5 Å². The zero-order chi connectivity index (χ0) is 16.9. The van der Waals surface area contributed by atoms with Crippen LogP contribution in [0.1, 0.15) is 6.92 Å². The minimum Gasteiger partial charge on any atom is -0.497 e. The first-order valence-electron chi connectivity index (χ1n) is 6.70. The van der Waals surface area contributed by atoms with Gasteiger partial charge in [0, 0.05) is 6.07 Å². The summed E-state index contributed by atoms with van der Waals surface area (Å²) in [7, 11) is -0.990. The first kappa shape index (κ1) is 16.8. The van der Waals surface area contributed by atoms with Crippen LogP contribution in [0.15, 0.2) is 35.5 Å². The number of sulfonamides is 1. The molecule has 0 saturated carbocycles. The van der Waals surface area contributed by atoms with E-state index in [0.717, 1.165) is 0 Å². The summed E-state index contributed by atoms with van der Waals surface area (Å²) in [6.07, 6.45) is 2.65.